The third kappa shape index (κ3) is 2.27. The van der Waals surface area contributed by atoms with Crippen molar-refractivity contribution in [1.29, 1.82) is 0 Å². The molecular formula is C13H11F3S. The second-order valence-electron chi connectivity index (χ2n) is 4.02. The monoisotopic (exact) mass is 256 g/mol. The summed E-state index contributed by atoms with van der Waals surface area (Å²) in [5, 5.41) is 0. The quantitative estimate of drug-likeness (QED) is 0.699. The molecule has 90 valence electrons. The van der Waals surface area contributed by atoms with E-state index >= 15 is 0 Å². The molecule has 0 saturated heterocycles. The summed E-state index contributed by atoms with van der Waals surface area (Å²) < 4.78 is 38.7. The lowest BCUT2D eigenvalue weighted by Crippen LogP contribution is -2.12. The summed E-state index contributed by atoms with van der Waals surface area (Å²) in [6, 6.07) is 5.65. The maximum atomic E-state index is 12.9. The van der Waals surface area contributed by atoms with E-state index in [0.29, 0.717) is 4.91 Å². The molecule has 0 N–H and O–H groups in total. The van der Waals surface area contributed by atoms with E-state index in [0.717, 1.165) is 11.6 Å². The van der Waals surface area contributed by atoms with Crippen molar-refractivity contribution in [3.05, 3.63) is 58.0 Å². The van der Waals surface area contributed by atoms with Crippen LogP contribution in [-0.4, -0.2) is 0 Å². The van der Waals surface area contributed by atoms with Gasteiger partial charge in [-0.2, -0.15) is 13.2 Å². The van der Waals surface area contributed by atoms with Crippen LogP contribution in [0.2, 0.25) is 0 Å². The Kier molecular flexibility index (Phi) is 3.08. The van der Waals surface area contributed by atoms with Gasteiger partial charge in [0.15, 0.2) is 0 Å². The minimum absolute atomic E-state index is 0.271. The average Bonchev–Trinajstić information content (AvgIpc) is 2.57. The fourth-order valence-electron chi connectivity index (χ4n) is 2.05. The van der Waals surface area contributed by atoms with Gasteiger partial charge in [0.2, 0.25) is 0 Å². The molecule has 0 bridgehead atoms. The molecule has 17 heavy (non-hydrogen) atoms. The zero-order chi connectivity index (χ0) is 12.6. The molecule has 0 fully saturated rings. The first kappa shape index (κ1) is 12.3. The Balaban J connectivity index is 2.54. The van der Waals surface area contributed by atoms with Crippen molar-refractivity contribution in [1.82, 2.24) is 0 Å². The van der Waals surface area contributed by atoms with Crippen molar-refractivity contribution in [2.75, 3.05) is 0 Å². The number of rotatable bonds is 1. The van der Waals surface area contributed by atoms with E-state index in [1.807, 2.05) is 6.92 Å². The fraction of sp³-hybridized carbons (Fsp3) is 0.231. The van der Waals surface area contributed by atoms with Crippen LogP contribution in [0.5, 0.6) is 0 Å². The molecule has 1 aromatic carbocycles. The highest BCUT2D eigenvalue weighted by atomic mass is 32.1. The molecule has 0 aliphatic heterocycles. The third-order valence-electron chi connectivity index (χ3n) is 2.85. The van der Waals surface area contributed by atoms with E-state index < -0.39 is 11.7 Å². The number of alkyl halides is 3. The van der Waals surface area contributed by atoms with Crippen LogP contribution in [0, 0.1) is 0 Å². The highest BCUT2D eigenvalue weighted by molar-refractivity contribution is 7.84. The first-order chi connectivity index (χ1) is 7.91. The highest BCUT2D eigenvalue weighted by Crippen LogP contribution is 2.43. The van der Waals surface area contributed by atoms with E-state index in [9.17, 15) is 13.2 Å². The minimum Gasteiger partial charge on any atom is -0.166 e. The van der Waals surface area contributed by atoms with E-state index in [-0.39, 0.29) is 11.5 Å². The molecule has 0 radical (unpaired) electrons. The Morgan fingerprint density at radius 2 is 1.76 bits per heavy atom. The van der Waals surface area contributed by atoms with Gasteiger partial charge < -0.3 is 0 Å². The van der Waals surface area contributed by atoms with Gasteiger partial charge in [-0.15, -0.1) is 12.6 Å². The van der Waals surface area contributed by atoms with Gasteiger partial charge in [-0.25, -0.2) is 0 Å². The van der Waals surface area contributed by atoms with E-state index in [4.69, 9.17) is 0 Å². The summed E-state index contributed by atoms with van der Waals surface area (Å²) in [5.74, 6) is -0.365. The van der Waals surface area contributed by atoms with E-state index in [2.05, 4.69) is 12.6 Å². The number of benzene rings is 1. The van der Waals surface area contributed by atoms with Crippen LogP contribution in [0.15, 0.2) is 46.9 Å². The fourth-order valence-corrected chi connectivity index (χ4v) is 2.47. The molecule has 0 nitrogen and oxygen atoms in total. The Bertz CT molecular complexity index is 480. The SMILES string of the molecule is CC1=CC=C(S)C1c1ccccc1C(F)(F)F. The van der Waals surface area contributed by atoms with Crippen LogP contribution in [0.3, 0.4) is 0 Å². The van der Waals surface area contributed by atoms with Gasteiger partial charge >= 0.3 is 6.18 Å². The molecule has 0 heterocycles. The predicted molar refractivity (Wildman–Crippen MR) is 65.0 cm³/mol. The van der Waals surface area contributed by atoms with Crippen molar-refractivity contribution in [2.45, 2.75) is 19.0 Å². The molecule has 0 spiro atoms. The summed E-state index contributed by atoms with van der Waals surface area (Å²) >= 11 is 4.24. The van der Waals surface area contributed by atoms with Crippen molar-refractivity contribution in [3.63, 3.8) is 0 Å². The van der Waals surface area contributed by atoms with E-state index in [1.165, 1.54) is 12.1 Å². The third-order valence-corrected chi connectivity index (χ3v) is 3.25. The van der Waals surface area contributed by atoms with Gasteiger partial charge in [-0.3, -0.25) is 0 Å². The molecule has 4 heteroatoms. The van der Waals surface area contributed by atoms with Crippen LogP contribution in [-0.2, 0) is 6.18 Å². The lowest BCUT2D eigenvalue weighted by molar-refractivity contribution is -0.138. The number of thiol groups is 1. The zero-order valence-electron chi connectivity index (χ0n) is 9.12. The molecule has 1 aliphatic carbocycles. The van der Waals surface area contributed by atoms with Gasteiger partial charge in [0, 0.05) is 5.92 Å². The van der Waals surface area contributed by atoms with Gasteiger partial charge in [0.25, 0.3) is 0 Å². The second-order valence-corrected chi connectivity index (χ2v) is 4.54. The maximum absolute atomic E-state index is 12.9. The van der Waals surface area contributed by atoms with E-state index in [1.54, 1.807) is 18.2 Å². The predicted octanol–water partition coefficient (Wildman–Crippen LogP) is 4.56. The standard InChI is InChI=1S/C13H11F3S/c1-8-6-7-11(17)12(8)9-4-2-3-5-10(9)13(14,15)16/h2-7,12,17H,1H3. The van der Waals surface area contributed by atoms with Crippen LogP contribution in [0.4, 0.5) is 13.2 Å². The second kappa shape index (κ2) is 4.26. The summed E-state index contributed by atoms with van der Waals surface area (Å²) in [5.41, 5.74) is 0.568. The lowest BCUT2D eigenvalue weighted by Gasteiger charge is -2.20. The molecular weight excluding hydrogens is 245 g/mol. The average molecular weight is 256 g/mol. The largest absolute Gasteiger partial charge is 0.416 e. The lowest BCUT2D eigenvalue weighted by atomic mass is 9.90. The van der Waals surface area contributed by atoms with Crippen molar-refractivity contribution in [2.24, 2.45) is 0 Å². The number of hydrogen-bond acceptors (Lipinski definition) is 1. The molecule has 1 unspecified atom stereocenters. The van der Waals surface area contributed by atoms with Crippen molar-refractivity contribution < 1.29 is 13.2 Å². The molecule has 2 rings (SSSR count). The Labute approximate surface area is 103 Å². The molecule has 0 amide bonds. The normalized spacial score (nSPS) is 20.2. The van der Waals surface area contributed by atoms with Crippen molar-refractivity contribution in [3.8, 4) is 0 Å². The van der Waals surface area contributed by atoms with Gasteiger partial charge in [-0.05, 0) is 23.5 Å². The Hall–Kier alpha value is -1.16. The number of allylic oxidation sites excluding steroid dienone is 4. The highest BCUT2D eigenvalue weighted by Gasteiger charge is 2.36. The Morgan fingerprint density at radius 1 is 1.12 bits per heavy atom. The van der Waals surface area contributed by atoms with Crippen LogP contribution in [0.1, 0.15) is 24.0 Å². The Morgan fingerprint density at radius 3 is 2.29 bits per heavy atom. The van der Waals surface area contributed by atoms with Gasteiger partial charge in [0.1, 0.15) is 0 Å². The van der Waals surface area contributed by atoms with Crippen LogP contribution < -0.4 is 0 Å². The molecule has 1 aliphatic rings. The molecule has 1 aromatic rings. The molecule has 0 aromatic heterocycles. The first-order valence-electron chi connectivity index (χ1n) is 5.14. The van der Waals surface area contributed by atoms with Crippen LogP contribution >= 0.6 is 12.6 Å². The summed E-state index contributed by atoms with van der Waals surface area (Å²) in [4.78, 5) is 0.652. The maximum Gasteiger partial charge on any atom is 0.416 e. The molecule has 1 atom stereocenters. The topological polar surface area (TPSA) is 0 Å². The first-order valence-corrected chi connectivity index (χ1v) is 5.59. The number of halogens is 3. The summed E-state index contributed by atoms with van der Waals surface area (Å²) in [6.07, 6.45) is -0.774. The van der Waals surface area contributed by atoms with Gasteiger partial charge in [-0.1, -0.05) is 35.9 Å². The zero-order valence-corrected chi connectivity index (χ0v) is 10.0. The summed E-state index contributed by atoms with van der Waals surface area (Å²) in [6.45, 7) is 1.82. The van der Waals surface area contributed by atoms with Crippen molar-refractivity contribution >= 4 is 12.6 Å². The molecule has 0 saturated carbocycles. The number of hydrogen-bond donors (Lipinski definition) is 1. The summed E-state index contributed by atoms with van der Waals surface area (Å²) in [7, 11) is 0. The van der Waals surface area contributed by atoms with Gasteiger partial charge in [0.05, 0.1) is 5.56 Å². The van der Waals surface area contributed by atoms with Crippen LogP contribution in [0.25, 0.3) is 0 Å². The smallest absolute Gasteiger partial charge is 0.166 e. The minimum atomic E-state index is -4.33.